The van der Waals surface area contributed by atoms with E-state index in [9.17, 15) is 9.59 Å². The molecule has 126 valence electrons. The first-order valence-electron chi connectivity index (χ1n) is 6.55. The summed E-state index contributed by atoms with van der Waals surface area (Å²) in [6.45, 7) is 7.62. The third-order valence-corrected chi connectivity index (χ3v) is 4.71. The summed E-state index contributed by atoms with van der Waals surface area (Å²) in [5.41, 5.74) is -0.510. The minimum Gasteiger partial charge on any atom is -0.481 e. The van der Waals surface area contributed by atoms with Crippen LogP contribution in [0.25, 0.3) is 0 Å². The number of rotatable bonds is 8. The lowest BCUT2D eigenvalue weighted by atomic mass is 10.0. The van der Waals surface area contributed by atoms with Gasteiger partial charge in [0.05, 0.1) is 5.92 Å². The second kappa shape index (κ2) is 11.4. The third-order valence-electron chi connectivity index (χ3n) is 2.45. The lowest BCUT2D eigenvalue weighted by molar-refractivity contribution is -0.141. The van der Waals surface area contributed by atoms with Crippen LogP contribution in [0.3, 0.4) is 0 Å². The molecule has 0 unspecified atom stereocenters. The van der Waals surface area contributed by atoms with Gasteiger partial charge in [0, 0.05) is 11.8 Å². The van der Waals surface area contributed by atoms with Gasteiger partial charge in [0.25, 0.3) is 0 Å². The number of carbonyl (C=O) groups excluding carboxylic acids is 1. The Bertz CT molecular complexity index is 321. The van der Waals surface area contributed by atoms with E-state index in [2.05, 4.69) is 5.32 Å². The maximum absolute atomic E-state index is 11.6. The SMILES string of the molecule is CSS[C@@H](CC[C@H](C)C(=O)O)CNC(=O)OC(C)(C)C.S. The Hall–Kier alpha value is -0.210. The molecule has 0 saturated heterocycles. The Balaban J connectivity index is 0. The van der Waals surface area contributed by atoms with Crippen molar-refractivity contribution in [1.29, 1.82) is 0 Å². The molecule has 0 aromatic heterocycles. The van der Waals surface area contributed by atoms with Crippen LogP contribution in [0.1, 0.15) is 40.5 Å². The molecule has 2 atom stereocenters. The van der Waals surface area contributed by atoms with E-state index in [4.69, 9.17) is 9.84 Å². The second-order valence-electron chi connectivity index (χ2n) is 5.58. The smallest absolute Gasteiger partial charge is 0.407 e. The van der Waals surface area contributed by atoms with Crippen molar-refractivity contribution in [1.82, 2.24) is 5.32 Å². The molecule has 0 aliphatic carbocycles. The highest BCUT2D eigenvalue weighted by Gasteiger charge is 2.19. The molecular formula is C13H27NO4S3. The Labute approximate surface area is 142 Å². The standard InChI is InChI=1S/C13H25NO4S2.H2S/c1-9(11(15)16)6-7-10(20-19-5)8-14-12(17)18-13(2,3)4;/h9-10H,6-8H2,1-5H3,(H,14,17)(H,15,16);1H2/t9-,10-;/m0./s1. The first kappa shape index (κ1) is 23.1. The van der Waals surface area contributed by atoms with Gasteiger partial charge in [-0.25, -0.2) is 4.79 Å². The molecule has 1 amide bonds. The van der Waals surface area contributed by atoms with Crippen LogP contribution < -0.4 is 5.32 Å². The number of aliphatic carboxylic acids is 1. The van der Waals surface area contributed by atoms with E-state index in [-0.39, 0.29) is 24.7 Å². The van der Waals surface area contributed by atoms with Gasteiger partial charge in [0.1, 0.15) is 5.60 Å². The molecule has 0 saturated carbocycles. The minimum absolute atomic E-state index is 0. The highest BCUT2D eigenvalue weighted by molar-refractivity contribution is 8.76. The van der Waals surface area contributed by atoms with Crippen LogP contribution in [0, 0.1) is 5.92 Å². The van der Waals surface area contributed by atoms with Crippen molar-refractivity contribution >= 4 is 47.1 Å². The fourth-order valence-electron chi connectivity index (χ4n) is 1.39. The maximum Gasteiger partial charge on any atom is 0.407 e. The number of carbonyl (C=O) groups is 2. The molecule has 0 aliphatic rings. The molecule has 2 N–H and O–H groups in total. The van der Waals surface area contributed by atoms with Crippen LogP contribution >= 0.6 is 35.1 Å². The van der Waals surface area contributed by atoms with Crippen LogP contribution in [-0.4, -0.2) is 40.8 Å². The molecule has 0 spiro atoms. The molecule has 0 radical (unpaired) electrons. The predicted molar refractivity (Wildman–Crippen MR) is 95.5 cm³/mol. The Morgan fingerprint density at radius 1 is 1.29 bits per heavy atom. The quantitative estimate of drug-likeness (QED) is 0.648. The lowest BCUT2D eigenvalue weighted by Crippen LogP contribution is -2.36. The molecule has 8 heteroatoms. The topological polar surface area (TPSA) is 75.6 Å². The summed E-state index contributed by atoms with van der Waals surface area (Å²) >= 11 is 0. The lowest BCUT2D eigenvalue weighted by Gasteiger charge is -2.21. The van der Waals surface area contributed by atoms with Crippen molar-refractivity contribution in [2.45, 2.75) is 51.4 Å². The molecule has 0 aliphatic heterocycles. The van der Waals surface area contributed by atoms with Crippen LogP contribution in [0.2, 0.25) is 0 Å². The van der Waals surface area contributed by atoms with Crippen molar-refractivity contribution in [2.24, 2.45) is 5.92 Å². The average Bonchev–Trinajstić information content (AvgIpc) is 2.29. The summed E-state index contributed by atoms with van der Waals surface area (Å²) in [6, 6.07) is 0. The number of amides is 1. The van der Waals surface area contributed by atoms with Gasteiger partial charge in [-0.05, 0) is 39.9 Å². The van der Waals surface area contributed by atoms with E-state index in [1.165, 1.54) is 0 Å². The molecule has 0 aromatic carbocycles. The Kier molecular flexibility index (Phi) is 12.5. The Morgan fingerprint density at radius 3 is 2.29 bits per heavy atom. The number of alkyl carbamates (subject to hydrolysis) is 1. The monoisotopic (exact) mass is 357 g/mol. The third kappa shape index (κ3) is 13.2. The molecule has 0 fully saturated rings. The summed E-state index contributed by atoms with van der Waals surface area (Å²) in [5.74, 6) is -1.14. The summed E-state index contributed by atoms with van der Waals surface area (Å²) in [5, 5.41) is 11.8. The normalized spacial score (nSPS) is 13.8. The van der Waals surface area contributed by atoms with Crippen LogP contribution in [0.15, 0.2) is 0 Å². The number of carboxylic acid groups (broad SMARTS) is 1. The highest BCUT2D eigenvalue weighted by atomic mass is 33.1. The Morgan fingerprint density at radius 2 is 1.86 bits per heavy atom. The number of nitrogens with one attached hydrogen (secondary N) is 1. The second-order valence-corrected chi connectivity index (χ2v) is 8.35. The fourth-order valence-corrected chi connectivity index (χ4v) is 3.36. The number of carboxylic acids is 1. The van der Waals surface area contributed by atoms with E-state index in [0.717, 1.165) is 6.42 Å². The van der Waals surface area contributed by atoms with Crippen molar-refractivity contribution in [3.8, 4) is 0 Å². The first-order valence-corrected chi connectivity index (χ1v) is 9.17. The highest BCUT2D eigenvalue weighted by Crippen LogP contribution is 2.27. The van der Waals surface area contributed by atoms with Crippen LogP contribution in [0.5, 0.6) is 0 Å². The van der Waals surface area contributed by atoms with Crippen molar-refractivity contribution < 1.29 is 19.4 Å². The van der Waals surface area contributed by atoms with E-state index in [0.29, 0.717) is 13.0 Å². The van der Waals surface area contributed by atoms with Gasteiger partial charge in [0.2, 0.25) is 0 Å². The number of hydrogen-bond acceptors (Lipinski definition) is 5. The number of ether oxygens (including phenoxy) is 1. The van der Waals surface area contributed by atoms with Gasteiger partial charge in [-0.1, -0.05) is 28.5 Å². The summed E-state index contributed by atoms with van der Waals surface area (Å²) in [4.78, 5) is 22.4. The van der Waals surface area contributed by atoms with Gasteiger partial charge < -0.3 is 15.2 Å². The van der Waals surface area contributed by atoms with Crippen molar-refractivity contribution in [3.05, 3.63) is 0 Å². The fraction of sp³-hybridized carbons (Fsp3) is 0.846. The van der Waals surface area contributed by atoms with Gasteiger partial charge >= 0.3 is 12.1 Å². The maximum atomic E-state index is 11.6. The van der Waals surface area contributed by atoms with E-state index in [1.807, 2.05) is 27.0 Å². The summed E-state index contributed by atoms with van der Waals surface area (Å²) in [6.07, 6.45) is 2.87. The predicted octanol–water partition coefficient (Wildman–Crippen LogP) is 3.50. The van der Waals surface area contributed by atoms with Crippen LogP contribution in [-0.2, 0) is 9.53 Å². The summed E-state index contributed by atoms with van der Waals surface area (Å²) in [7, 11) is 3.26. The van der Waals surface area contributed by atoms with Gasteiger partial charge in [0.15, 0.2) is 0 Å². The van der Waals surface area contributed by atoms with Crippen molar-refractivity contribution in [3.63, 3.8) is 0 Å². The van der Waals surface area contributed by atoms with Crippen molar-refractivity contribution in [2.75, 3.05) is 12.8 Å². The largest absolute Gasteiger partial charge is 0.481 e. The molecule has 0 bridgehead atoms. The van der Waals surface area contributed by atoms with E-state index in [1.54, 1.807) is 28.5 Å². The summed E-state index contributed by atoms with van der Waals surface area (Å²) < 4.78 is 5.17. The van der Waals surface area contributed by atoms with E-state index >= 15 is 0 Å². The average molecular weight is 358 g/mol. The number of hydrogen-bond donors (Lipinski definition) is 2. The minimum atomic E-state index is -0.780. The zero-order valence-corrected chi connectivity index (χ0v) is 15.9. The van der Waals surface area contributed by atoms with Crippen LogP contribution in [0.4, 0.5) is 4.79 Å². The zero-order valence-electron chi connectivity index (χ0n) is 13.3. The first-order chi connectivity index (χ1) is 9.15. The van der Waals surface area contributed by atoms with Gasteiger partial charge in [-0.2, -0.15) is 13.5 Å². The molecule has 5 nitrogen and oxygen atoms in total. The molecule has 0 heterocycles. The van der Waals surface area contributed by atoms with E-state index < -0.39 is 17.7 Å². The van der Waals surface area contributed by atoms with Gasteiger partial charge in [-0.3, -0.25) is 4.79 Å². The van der Waals surface area contributed by atoms with Gasteiger partial charge in [-0.15, -0.1) is 0 Å². The molecular weight excluding hydrogens is 330 g/mol. The zero-order chi connectivity index (χ0) is 15.8. The molecule has 0 rings (SSSR count). The molecule has 21 heavy (non-hydrogen) atoms. The molecule has 0 aromatic rings.